The first-order chi connectivity index (χ1) is 10.6. The van der Waals surface area contributed by atoms with Gasteiger partial charge in [-0.15, -0.1) is 0 Å². The molecular formula is C12H18N8O3. The van der Waals surface area contributed by atoms with Gasteiger partial charge in [-0.2, -0.15) is 0 Å². The summed E-state index contributed by atoms with van der Waals surface area (Å²) in [6.45, 7) is 1.02. The van der Waals surface area contributed by atoms with Gasteiger partial charge in [0.15, 0.2) is 11.9 Å². The van der Waals surface area contributed by atoms with Crippen LogP contribution >= 0.6 is 0 Å². The Labute approximate surface area is 131 Å². The average molecular weight is 322 g/mol. The maximum atomic E-state index is 11.9. The van der Waals surface area contributed by atoms with Crippen LogP contribution < -0.4 is 33.6 Å². The van der Waals surface area contributed by atoms with Gasteiger partial charge < -0.3 is 33.8 Å². The van der Waals surface area contributed by atoms with Crippen LogP contribution in [0.1, 0.15) is 17.3 Å². The SMILES string of the molecule is CC(=O)N(CN=C(N)N)c1c(N)cc(C(=O)O)cc1N=C(N)N. The highest BCUT2D eigenvalue weighted by Gasteiger charge is 2.21. The molecule has 0 heterocycles. The highest BCUT2D eigenvalue weighted by atomic mass is 16.4. The van der Waals surface area contributed by atoms with Crippen molar-refractivity contribution in [3.63, 3.8) is 0 Å². The Kier molecular flexibility index (Phi) is 5.32. The summed E-state index contributed by atoms with van der Waals surface area (Å²) in [5.74, 6) is -2.25. The Balaban J connectivity index is 3.58. The van der Waals surface area contributed by atoms with E-state index in [9.17, 15) is 9.59 Å². The lowest BCUT2D eigenvalue weighted by Crippen LogP contribution is -2.33. The van der Waals surface area contributed by atoms with Crippen molar-refractivity contribution >= 4 is 40.9 Å². The largest absolute Gasteiger partial charge is 0.478 e. The summed E-state index contributed by atoms with van der Waals surface area (Å²) in [4.78, 5) is 31.6. The Bertz CT molecular complexity index is 690. The number of rotatable bonds is 5. The van der Waals surface area contributed by atoms with Crippen LogP contribution in [0.4, 0.5) is 17.1 Å². The molecule has 0 fully saturated rings. The maximum Gasteiger partial charge on any atom is 0.335 e. The molecule has 0 spiro atoms. The summed E-state index contributed by atoms with van der Waals surface area (Å²) in [6, 6.07) is 2.36. The third-order valence-corrected chi connectivity index (χ3v) is 2.66. The number of carbonyl (C=O) groups is 2. The summed E-state index contributed by atoms with van der Waals surface area (Å²) in [5.41, 5.74) is 27.0. The fourth-order valence-corrected chi connectivity index (χ4v) is 1.76. The standard InChI is InChI=1S/C12H18N8O3/c1-5(21)20(4-18-11(14)15)9-7(13)2-6(10(22)23)3-8(9)19-12(16)17/h2-3H,4,13H2,1H3,(H,22,23)(H4,14,15,18)(H4,16,17,19). The molecule has 1 rings (SSSR count). The van der Waals surface area contributed by atoms with Crippen molar-refractivity contribution in [2.75, 3.05) is 17.3 Å². The second-order valence-corrected chi connectivity index (χ2v) is 4.45. The first kappa shape index (κ1) is 17.6. The minimum Gasteiger partial charge on any atom is -0.478 e. The van der Waals surface area contributed by atoms with Crippen molar-refractivity contribution in [2.24, 2.45) is 32.9 Å². The molecule has 11 heteroatoms. The van der Waals surface area contributed by atoms with E-state index in [1.165, 1.54) is 19.1 Å². The molecule has 0 unspecified atom stereocenters. The molecule has 0 aliphatic carbocycles. The number of nitrogens with two attached hydrogens (primary N) is 5. The summed E-state index contributed by atoms with van der Waals surface area (Å²) in [6.07, 6.45) is 0. The molecule has 0 bridgehead atoms. The smallest absolute Gasteiger partial charge is 0.335 e. The summed E-state index contributed by atoms with van der Waals surface area (Å²) in [7, 11) is 0. The maximum absolute atomic E-state index is 11.9. The molecule has 11 nitrogen and oxygen atoms in total. The number of carboxylic acid groups (broad SMARTS) is 1. The van der Waals surface area contributed by atoms with E-state index in [1.807, 2.05) is 0 Å². The van der Waals surface area contributed by atoms with Crippen LogP contribution in [0.25, 0.3) is 0 Å². The monoisotopic (exact) mass is 322 g/mol. The zero-order chi connectivity index (χ0) is 17.7. The zero-order valence-electron chi connectivity index (χ0n) is 12.4. The van der Waals surface area contributed by atoms with Crippen molar-refractivity contribution in [3.05, 3.63) is 17.7 Å². The molecule has 1 amide bonds. The molecule has 1 aromatic rings. The van der Waals surface area contributed by atoms with Gasteiger partial charge in [0.1, 0.15) is 6.67 Å². The lowest BCUT2D eigenvalue weighted by atomic mass is 10.1. The molecule has 23 heavy (non-hydrogen) atoms. The Hall–Kier alpha value is -3.50. The van der Waals surface area contributed by atoms with Crippen molar-refractivity contribution in [1.82, 2.24) is 0 Å². The molecule has 0 atom stereocenters. The number of aliphatic imine (C=N–C) groups is 2. The molecule has 0 saturated heterocycles. The van der Waals surface area contributed by atoms with Crippen molar-refractivity contribution < 1.29 is 14.7 Å². The number of anilines is 2. The number of nitrogen functional groups attached to an aromatic ring is 1. The van der Waals surface area contributed by atoms with Gasteiger partial charge in [-0.3, -0.25) is 9.69 Å². The van der Waals surface area contributed by atoms with E-state index < -0.39 is 11.9 Å². The second kappa shape index (κ2) is 6.98. The normalized spacial score (nSPS) is 9.78. The first-order valence-electron chi connectivity index (χ1n) is 6.23. The fraction of sp³-hybridized carbons (Fsp3) is 0.167. The molecule has 1 aromatic carbocycles. The average Bonchev–Trinajstić information content (AvgIpc) is 2.39. The molecule has 0 radical (unpaired) electrons. The summed E-state index contributed by atoms with van der Waals surface area (Å²) < 4.78 is 0. The van der Waals surface area contributed by atoms with Crippen LogP contribution in [-0.4, -0.2) is 35.6 Å². The fourth-order valence-electron chi connectivity index (χ4n) is 1.76. The molecule has 0 aliphatic rings. The molecule has 124 valence electrons. The highest BCUT2D eigenvalue weighted by molar-refractivity contribution is 6.02. The van der Waals surface area contributed by atoms with E-state index in [2.05, 4.69) is 9.98 Å². The van der Waals surface area contributed by atoms with Gasteiger partial charge in [0.05, 0.1) is 22.6 Å². The predicted octanol–water partition coefficient (Wildman–Crippen LogP) is -1.54. The number of hydrogen-bond acceptors (Lipinski definition) is 5. The van der Waals surface area contributed by atoms with Crippen LogP contribution in [0, 0.1) is 0 Å². The van der Waals surface area contributed by atoms with Gasteiger partial charge in [0.25, 0.3) is 0 Å². The van der Waals surface area contributed by atoms with Gasteiger partial charge >= 0.3 is 5.97 Å². The van der Waals surface area contributed by atoms with Gasteiger partial charge in [-0.1, -0.05) is 0 Å². The minimum atomic E-state index is -1.23. The zero-order valence-corrected chi connectivity index (χ0v) is 12.4. The quantitative estimate of drug-likeness (QED) is 0.211. The number of carbonyl (C=O) groups excluding carboxylic acids is 1. The number of carboxylic acids is 1. The molecule has 0 aromatic heterocycles. The van der Waals surface area contributed by atoms with Crippen LogP contribution in [0.3, 0.4) is 0 Å². The van der Waals surface area contributed by atoms with Crippen molar-refractivity contribution in [2.45, 2.75) is 6.92 Å². The summed E-state index contributed by atoms with van der Waals surface area (Å²) in [5, 5.41) is 9.08. The minimum absolute atomic E-state index is 0.00314. The molecular weight excluding hydrogens is 304 g/mol. The van der Waals surface area contributed by atoms with E-state index in [0.29, 0.717) is 0 Å². The number of hydrogen-bond donors (Lipinski definition) is 6. The third-order valence-electron chi connectivity index (χ3n) is 2.66. The van der Waals surface area contributed by atoms with Crippen LogP contribution in [0.15, 0.2) is 22.1 Å². The lowest BCUT2D eigenvalue weighted by Gasteiger charge is -2.23. The van der Waals surface area contributed by atoms with Crippen molar-refractivity contribution in [3.8, 4) is 0 Å². The Morgan fingerprint density at radius 2 is 1.78 bits per heavy atom. The highest BCUT2D eigenvalue weighted by Crippen LogP contribution is 2.36. The van der Waals surface area contributed by atoms with Crippen molar-refractivity contribution in [1.29, 1.82) is 0 Å². The number of amides is 1. The van der Waals surface area contributed by atoms with E-state index in [1.54, 1.807) is 0 Å². The van der Waals surface area contributed by atoms with Gasteiger partial charge in [0.2, 0.25) is 5.91 Å². The number of guanidine groups is 2. The Morgan fingerprint density at radius 3 is 2.22 bits per heavy atom. The molecule has 11 N–H and O–H groups in total. The topological polar surface area (TPSA) is 212 Å². The Morgan fingerprint density at radius 1 is 1.17 bits per heavy atom. The van der Waals surface area contributed by atoms with Gasteiger partial charge in [0, 0.05) is 6.92 Å². The predicted molar refractivity (Wildman–Crippen MR) is 87.1 cm³/mol. The summed E-state index contributed by atoms with van der Waals surface area (Å²) >= 11 is 0. The van der Waals surface area contributed by atoms with Gasteiger partial charge in [-0.05, 0) is 12.1 Å². The number of nitrogens with zero attached hydrogens (tertiary/aromatic N) is 3. The first-order valence-corrected chi connectivity index (χ1v) is 6.23. The van der Waals surface area contributed by atoms with E-state index in [4.69, 9.17) is 33.8 Å². The van der Waals surface area contributed by atoms with Gasteiger partial charge in [-0.25, -0.2) is 14.8 Å². The van der Waals surface area contributed by atoms with Crippen LogP contribution in [-0.2, 0) is 4.79 Å². The second-order valence-electron chi connectivity index (χ2n) is 4.45. The molecule has 0 aliphatic heterocycles. The van der Waals surface area contributed by atoms with E-state index >= 15 is 0 Å². The van der Waals surface area contributed by atoms with E-state index in [-0.39, 0.29) is 41.2 Å². The third kappa shape index (κ3) is 4.49. The van der Waals surface area contributed by atoms with E-state index in [0.717, 1.165) is 4.90 Å². The molecule has 0 saturated carbocycles. The lowest BCUT2D eigenvalue weighted by molar-refractivity contribution is -0.116. The van der Waals surface area contributed by atoms with Crippen LogP contribution in [0.2, 0.25) is 0 Å². The number of benzene rings is 1. The van der Waals surface area contributed by atoms with Crippen LogP contribution in [0.5, 0.6) is 0 Å². The number of aromatic carboxylic acids is 1.